The van der Waals surface area contributed by atoms with Crippen LogP contribution in [-0.2, 0) is 23.6 Å². The Morgan fingerprint density at radius 1 is 1.14 bits per heavy atom. The van der Waals surface area contributed by atoms with Crippen LogP contribution in [0, 0.1) is 0 Å². The molecule has 0 aromatic heterocycles. The zero-order valence-corrected chi connectivity index (χ0v) is 18.3. The van der Waals surface area contributed by atoms with Crippen molar-refractivity contribution in [2.75, 3.05) is 26.3 Å². The van der Waals surface area contributed by atoms with Crippen LogP contribution in [0.4, 0.5) is 0 Å². The molecular formula is C17H34BClN4O5. The third kappa shape index (κ3) is 6.30. The SMILES string of the molecule is CCC(NC(=O)C(N)CC(=O)N1CCOCC1)B1OC(C)(C)C(C)(C)O1.NCl. The molecule has 2 heterocycles. The fourth-order valence-corrected chi connectivity index (χ4v) is 2.93. The largest absolute Gasteiger partial charge is 0.481 e. The lowest BCUT2D eigenvalue weighted by Gasteiger charge is -2.32. The molecule has 0 saturated carbocycles. The van der Waals surface area contributed by atoms with Gasteiger partial charge in [-0.2, -0.15) is 0 Å². The Bertz CT molecular complexity index is 516. The minimum Gasteiger partial charge on any atom is -0.402 e. The summed E-state index contributed by atoms with van der Waals surface area (Å²) in [5, 5.41) is 6.86. The van der Waals surface area contributed by atoms with Gasteiger partial charge >= 0.3 is 7.12 Å². The molecule has 2 unspecified atom stereocenters. The number of amides is 2. The summed E-state index contributed by atoms with van der Waals surface area (Å²) in [5.74, 6) is -0.819. The number of hydrogen-bond donors (Lipinski definition) is 3. The van der Waals surface area contributed by atoms with Crippen molar-refractivity contribution < 1.29 is 23.6 Å². The average Bonchev–Trinajstić information content (AvgIpc) is 2.88. The molecule has 2 amide bonds. The predicted octanol–water partition coefficient (Wildman–Crippen LogP) is 0.188. The van der Waals surface area contributed by atoms with Gasteiger partial charge in [-0.3, -0.25) is 9.59 Å². The zero-order chi connectivity index (χ0) is 21.5. The minimum absolute atomic E-state index is 0.0222. The van der Waals surface area contributed by atoms with Crippen LogP contribution < -0.4 is 16.3 Å². The number of nitrogens with two attached hydrogens (primary N) is 2. The highest BCUT2D eigenvalue weighted by Crippen LogP contribution is 2.37. The fourth-order valence-electron chi connectivity index (χ4n) is 2.93. The Labute approximate surface area is 173 Å². The molecule has 0 radical (unpaired) electrons. The molecule has 2 rings (SSSR count). The second kappa shape index (κ2) is 10.8. The van der Waals surface area contributed by atoms with Gasteiger partial charge in [0.15, 0.2) is 0 Å². The van der Waals surface area contributed by atoms with E-state index in [1.54, 1.807) is 4.90 Å². The van der Waals surface area contributed by atoms with E-state index in [9.17, 15) is 9.59 Å². The van der Waals surface area contributed by atoms with Gasteiger partial charge in [0.25, 0.3) is 0 Å². The molecule has 0 aromatic rings. The van der Waals surface area contributed by atoms with Gasteiger partial charge in [-0.05, 0) is 45.9 Å². The number of hydrogen-bond acceptors (Lipinski definition) is 7. The maximum atomic E-state index is 12.5. The van der Waals surface area contributed by atoms with Crippen molar-refractivity contribution in [3.63, 3.8) is 0 Å². The lowest BCUT2D eigenvalue weighted by Crippen LogP contribution is -2.53. The smallest absolute Gasteiger partial charge is 0.402 e. The number of halogens is 1. The highest BCUT2D eigenvalue weighted by Gasteiger charge is 2.53. The lowest BCUT2D eigenvalue weighted by molar-refractivity contribution is -0.137. The first-order valence-corrected chi connectivity index (χ1v) is 10.00. The minimum atomic E-state index is -0.901. The van der Waals surface area contributed by atoms with Gasteiger partial charge in [-0.15, -0.1) is 0 Å². The second-order valence-corrected chi connectivity index (χ2v) is 7.95. The van der Waals surface area contributed by atoms with Gasteiger partial charge in [0.2, 0.25) is 11.8 Å². The number of nitrogens with one attached hydrogen (secondary N) is 1. The quantitative estimate of drug-likeness (QED) is 0.413. The zero-order valence-electron chi connectivity index (χ0n) is 17.5. The van der Waals surface area contributed by atoms with Crippen LogP contribution in [0.25, 0.3) is 0 Å². The molecule has 11 heteroatoms. The first-order valence-electron chi connectivity index (χ1n) is 9.56. The van der Waals surface area contributed by atoms with Crippen molar-refractivity contribution in [3.8, 4) is 0 Å². The third-order valence-corrected chi connectivity index (χ3v) is 5.46. The fraction of sp³-hybridized carbons (Fsp3) is 0.882. The molecule has 0 aromatic carbocycles. The highest BCUT2D eigenvalue weighted by atomic mass is 35.5. The maximum absolute atomic E-state index is 12.5. The molecule has 2 aliphatic heterocycles. The van der Waals surface area contributed by atoms with E-state index in [-0.39, 0.29) is 24.2 Å². The molecule has 2 saturated heterocycles. The van der Waals surface area contributed by atoms with Crippen LogP contribution in [0.15, 0.2) is 0 Å². The summed E-state index contributed by atoms with van der Waals surface area (Å²) < 4.78 is 17.2. The summed E-state index contributed by atoms with van der Waals surface area (Å²) in [6.07, 6.45) is 0.609. The second-order valence-electron chi connectivity index (χ2n) is 7.95. The molecule has 0 aliphatic carbocycles. The molecule has 0 spiro atoms. The van der Waals surface area contributed by atoms with Gasteiger partial charge in [-0.1, -0.05) is 6.92 Å². The molecule has 5 N–H and O–H groups in total. The summed E-state index contributed by atoms with van der Waals surface area (Å²) in [4.78, 5) is 26.4. The van der Waals surface area contributed by atoms with Crippen LogP contribution >= 0.6 is 11.8 Å². The standard InChI is InChI=1S/C17H32BN3O5.ClH2N/c1-6-13(18-25-16(2,3)17(4,5)26-18)20-15(23)12(19)11-14(22)21-7-9-24-10-8-21;1-2/h12-13H,6-11,19H2,1-5H3,(H,20,23);2H2. The van der Waals surface area contributed by atoms with Crippen LogP contribution in [0.2, 0.25) is 0 Å². The Morgan fingerprint density at radius 3 is 2.11 bits per heavy atom. The van der Waals surface area contributed by atoms with Crippen molar-refractivity contribution in [3.05, 3.63) is 0 Å². The molecular weight excluding hydrogens is 386 g/mol. The van der Waals surface area contributed by atoms with Crippen molar-refractivity contribution in [2.24, 2.45) is 11.0 Å². The maximum Gasteiger partial charge on any atom is 0.481 e. The first-order chi connectivity index (χ1) is 13.1. The Morgan fingerprint density at radius 2 is 1.64 bits per heavy atom. The number of carbonyl (C=O) groups excluding carboxylic acids is 2. The van der Waals surface area contributed by atoms with E-state index in [0.717, 1.165) is 0 Å². The van der Waals surface area contributed by atoms with Crippen LogP contribution in [-0.4, -0.2) is 73.3 Å². The monoisotopic (exact) mass is 420 g/mol. The van der Waals surface area contributed by atoms with Crippen LogP contribution in [0.3, 0.4) is 0 Å². The Kier molecular flexibility index (Phi) is 9.65. The molecule has 2 atom stereocenters. The highest BCUT2D eigenvalue weighted by molar-refractivity contribution is 6.48. The number of ether oxygens (including phenoxy) is 1. The summed E-state index contributed by atoms with van der Waals surface area (Å²) in [7, 11) is -0.545. The van der Waals surface area contributed by atoms with Gasteiger partial charge in [0.05, 0.1) is 42.8 Å². The Balaban J connectivity index is 0.00000190. The van der Waals surface area contributed by atoms with Crippen molar-refractivity contribution in [1.29, 1.82) is 0 Å². The summed E-state index contributed by atoms with van der Waals surface area (Å²) in [6.45, 7) is 11.9. The van der Waals surface area contributed by atoms with E-state index in [1.165, 1.54) is 0 Å². The molecule has 2 fully saturated rings. The van der Waals surface area contributed by atoms with Crippen LogP contribution in [0.1, 0.15) is 47.5 Å². The number of carbonyl (C=O) groups is 2. The van der Waals surface area contributed by atoms with Gasteiger partial charge in [-0.25, -0.2) is 5.25 Å². The van der Waals surface area contributed by atoms with E-state index in [2.05, 4.69) is 22.3 Å². The third-order valence-electron chi connectivity index (χ3n) is 5.46. The molecule has 0 bridgehead atoms. The summed E-state index contributed by atoms with van der Waals surface area (Å²) >= 11 is 4.14. The number of morpholine rings is 1. The summed E-state index contributed by atoms with van der Waals surface area (Å²) in [6, 6.07) is -0.901. The number of nitrogens with zero attached hydrogens (tertiary/aromatic N) is 1. The molecule has 162 valence electrons. The average molecular weight is 421 g/mol. The van der Waals surface area contributed by atoms with E-state index < -0.39 is 24.4 Å². The van der Waals surface area contributed by atoms with Crippen molar-refractivity contribution in [2.45, 2.75) is 70.6 Å². The van der Waals surface area contributed by atoms with E-state index in [0.29, 0.717) is 32.7 Å². The van der Waals surface area contributed by atoms with Crippen LogP contribution in [0.5, 0.6) is 0 Å². The molecule has 2 aliphatic rings. The number of rotatable bonds is 6. The van der Waals surface area contributed by atoms with Crippen molar-refractivity contribution >= 4 is 30.7 Å². The van der Waals surface area contributed by atoms with E-state index in [1.807, 2.05) is 34.6 Å². The van der Waals surface area contributed by atoms with Gasteiger partial charge in [0.1, 0.15) is 0 Å². The predicted molar refractivity (Wildman–Crippen MR) is 108 cm³/mol. The lowest BCUT2D eigenvalue weighted by atomic mass is 9.76. The van der Waals surface area contributed by atoms with E-state index >= 15 is 0 Å². The summed E-state index contributed by atoms with van der Waals surface area (Å²) in [5.41, 5.74) is 5.02. The normalized spacial score (nSPS) is 22.7. The Hall–Kier alpha value is -0.905. The molecule has 28 heavy (non-hydrogen) atoms. The molecule has 9 nitrogen and oxygen atoms in total. The van der Waals surface area contributed by atoms with Crippen molar-refractivity contribution in [1.82, 2.24) is 10.2 Å². The topological polar surface area (TPSA) is 129 Å². The van der Waals surface area contributed by atoms with Gasteiger partial charge in [0, 0.05) is 13.1 Å². The first kappa shape index (κ1) is 25.1. The van der Waals surface area contributed by atoms with E-state index in [4.69, 9.17) is 19.8 Å². The van der Waals surface area contributed by atoms with Gasteiger partial charge < -0.3 is 30.0 Å².